The van der Waals surface area contributed by atoms with Gasteiger partial charge in [-0.1, -0.05) is 38.1 Å². The van der Waals surface area contributed by atoms with Gasteiger partial charge in [0, 0.05) is 18.8 Å². The number of oxazole rings is 1. The predicted octanol–water partition coefficient (Wildman–Crippen LogP) is 4.20. The molecule has 1 fully saturated rings. The van der Waals surface area contributed by atoms with Crippen molar-refractivity contribution >= 4 is 23.6 Å². The monoisotopic (exact) mass is 486 g/mol. The first-order valence-electron chi connectivity index (χ1n) is 10.9. The molecular formula is C24H24F2N4O5. The van der Waals surface area contributed by atoms with Crippen molar-refractivity contribution in [2.75, 3.05) is 23.3 Å². The van der Waals surface area contributed by atoms with E-state index in [-0.39, 0.29) is 42.3 Å². The number of aromatic carboxylic acids is 1. The minimum absolute atomic E-state index is 0.0186. The van der Waals surface area contributed by atoms with Crippen LogP contribution in [0.1, 0.15) is 47.1 Å². The Hall–Kier alpha value is -4.02. The third-order valence-electron chi connectivity index (χ3n) is 5.88. The number of amides is 1. The molecule has 1 aliphatic rings. The van der Waals surface area contributed by atoms with Gasteiger partial charge in [0.05, 0.1) is 0 Å². The van der Waals surface area contributed by atoms with E-state index < -0.39 is 23.9 Å². The lowest BCUT2D eigenvalue weighted by molar-refractivity contribution is -0.122. The average Bonchev–Trinajstić information content (AvgIpc) is 3.25. The summed E-state index contributed by atoms with van der Waals surface area (Å²) in [4.78, 5) is 34.5. The third kappa shape index (κ3) is 4.66. The number of pyridine rings is 1. The van der Waals surface area contributed by atoms with E-state index in [1.54, 1.807) is 17.9 Å². The third-order valence-corrected chi connectivity index (χ3v) is 5.88. The minimum atomic E-state index is -3.11. The van der Waals surface area contributed by atoms with Gasteiger partial charge in [0.25, 0.3) is 6.01 Å². The molecule has 0 saturated carbocycles. The van der Waals surface area contributed by atoms with Crippen molar-refractivity contribution in [2.45, 2.75) is 38.7 Å². The zero-order valence-corrected chi connectivity index (χ0v) is 19.3. The van der Waals surface area contributed by atoms with E-state index in [1.807, 2.05) is 38.1 Å². The molecule has 1 aromatic carbocycles. The molecule has 35 heavy (non-hydrogen) atoms. The van der Waals surface area contributed by atoms with Crippen LogP contribution >= 0.6 is 0 Å². The van der Waals surface area contributed by atoms with Gasteiger partial charge in [-0.05, 0) is 36.1 Å². The molecule has 184 valence electrons. The van der Waals surface area contributed by atoms with Gasteiger partial charge in [0.1, 0.15) is 17.4 Å². The fourth-order valence-electron chi connectivity index (χ4n) is 4.17. The van der Waals surface area contributed by atoms with Gasteiger partial charge in [-0.25, -0.2) is 9.78 Å². The summed E-state index contributed by atoms with van der Waals surface area (Å²) in [5, 5.41) is 11.8. The summed E-state index contributed by atoms with van der Waals surface area (Å²) in [6.45, 7) is 2.79. The van der Waals surface area contributed by atoms with Crippen LogP contribution in [0.25, 0.3) is 0 Å². The Bertz CT molecular complexity index is 1250. The van der Waals surface area contributed by atoms with E-state index in [1.165, 1.54) is 6.07 Å². The second-order valence-electron chi connectivity index (χ2n) is 8.64. The SMILES string of the molecule is Cc1ccc(NC(=O)C2(c3ccccc3C(C)C)CN(c3nc(C(=O)O)co3)C2)c(OC(F)F)n1. The van der Waals surface area contributed by atoms with Crippen molar-refractivity contribution in [1.29, 1.82) is 0 Å². The molecule has 1 amide bonds. The van der Waals surface area contributed by atoms with Crippen LogP contribution in [0, 0.1) is 6.92 Å². The molecule has 3 heterocycles. The average molecular weight is 486 g/mol. The highest BCUT2D eigenvalue weighted by atomic mass is 19.3. The Morgan fingerprint density at radius 2 is 1.89 bits per heavy atom. The summed E-state index contributed by atoms with van der Waals surface area (Å²) in [5.41, 5.74) is 0.851. The molecule has 11 heteroatoms. The van der Waals surface area contributed by atoms with Crippen LogP contribution in [-0.2, 0) is 10.2 Å². The summed E-state index contributed by atoms with van der Waals surface area (Å²) >= 11 is 0. The Morgan fingerprint density at radius 3 is 2.51 bits per heavy atom. The number of nitrogens with zero attached hydrogens (tertiary/aromatic N) is 3. The van der Waals surface area contributed by atoms with Gasteiger partial charge in [0.15, 0.2) is 5.69 Å². The number of halogens is 2. The maximum atomic E-state index is 13.8. The first-order chi connectivity index (χ1) is 16.6. The quantitative estimate of drug-likeness (QED) is 0.487. The van der Waals surface area contributed by atoms with E-state index in [0.717, 1.165) is 17.4 Å². The molecule has 1 aliphatic heterocycles. The lowest BCUT2D eigenvalue weighted by atomic mass is 9.70. The number of alkyl halides is 2. The van der Waals surface area contributed by atoms with Gasteiger partial charge in [-0.2, -0.15) is 13.8 Å². The molecule has 2 N–H and O–H groups in total. The minimum Gasteiger partial charge on any atom is -0.476 e. The number of carboxylic acid groups (broad SMARTS) is 1. The smallest absolute Gasteiger partial charge is 0.388 e. The lowest BCUT2D eigenvalue weighted by Gasteiger charge is -2.49. The van der Waals surface area contributed by atoms with Crippen molar-refractivity contribution in [1.82, 2.24) is 9.97 Å². The van der Waals surface area contributed by atoms with Crippen LogP contribution in [0.5, 0.6) is 5.88 Å². The number of hydrogen-bond acceptors (Lipinski definition) is 7. The van der Waals surface area contributed by atoms with E-state index >= 15 is 0 Å². The number of aromatic nitrogens is 2. The van der Waals surface area contributed by atoms with Crippen LogP contribution in [0.4, 0.5) is 20.5 Å². The molecule has 0 atom stereocenters. The van der Waals surface area contributed by atoms with Crippen molar-refractivity contribution < 1.29 is 32.6 Å². The van der Waals surface area contributed by atoms with Crippen molar-refractivity contribution in [3.05, 3.63) is 65.2 Å². The molecule has 3 aromatic rings. The topological polar surface area (TPSA) is 118 Å². The largest absolute Gasteiger partial charge is 0.476 e. The molecule has 0 spiro atoms. The zero-order chi connectivity index (χ0) is 25.3. The summed E-state index contributed by atoms with van der Waals surface area (Å²) in [6.07, 6.45) is 1.03. The normalized spacial score (nSPS) is 14.7. The van der Waals surface area contributed by atoms with E-state index in [0.29, 0.717) is 5.69 Å². The number of carboxylic acids is 1. The molecule has 0 bridgehead atoms. The van der Waals surface area contributed by atoms with E-state index in [2.05, 4.69) is 20.0 Å². The standard InChI is InChI=1S/C24H24F2N4O5/c1-13(2)15-6-4-5-7-16(15)24(11-30(12-24)23-29-18(10-34-23)20(31)32)21(33)28-17-9-8-14(3)27-19(17)35-22(25)26/h4-10,13,22H,11-12H2,1-3H3,(H,28,33)(H,31,32). The van der Waals surface area contributed by atoms with Gasteiger partial charge in [0.2, 0.25) is 11.8 Å². The number of rotatable bonds is 8. The van der Waals surface area contributed by atoms with Gasteiger partial charge >= 0.3 is 12.6 Å². The zero-order valence-electron chi connectivity index (χ0n) is 19.3. The van der Waals surface area contributed by atoms with Crippen LogP contribution in [0.15, 0.2) is 47.1 Å². The number of nitrogens with one attached hydrogen (secondary N) is 1. The molecule has 4 rings (SSSR count). The Morgan fingerprint density at radius 1 is 1.17 bits per heavy atom. The molecule has 0 radical (unpaired) electrons. The number of benzene rings is 1. The summed E-state index contributed by atoms with van der Waals surface area (Å²) in [6, 6.07) is 10.6. The fourth-order valence-corrected chi connectivity index (χ4v) is 4.17. The number of hydrogen-bond donors (Lipinski definition) is 2. The second-order valence-corrected chi connectivity index (χ2v) is 8.64. The number of ether oxygens (including phenoxy) is 1. The maximum Gasteiger partial charge on any atom is 0.388 e. The number of aryl methyl sites for hydroxylation is 1. The second kappa shape index (κ2) is 9.32. The Kier molecular flexibility index (Phi) is 6.42. The summed E-state index contributed by atoms with van der Waals surface area (Å²) in [5.74, 6) is -1.95. The summed E-state index contributed by atoms with van der Waals surface area (Å²) < 4.78 is 35.7. The van der Waals surface area contributed by atoms with E-state index in [4.69, 9.17) is 9.52 Å². The number of carbonyl (C=O) groups excluding carboxylic acids is 1. The van der Waals surface area contributed by atoms with Crippen molar-refractivity contribution in [3.63, 3.8) is 0 Å². The van der Waals surface area contributed by atoms with Crippen molar-refractivity contribution in [2.24, 2.45) is 0 Å². The first kappa shape index (κ1) is 24.1. The molecular weight excluding hydrogens is 462 g/mol. The Balaban J connectivity index is 1.70. The molecule has 0 aliphatic carbocycles. The van der Waals surface area contributed by atoms with Crippen LogP contribution in [0.3, 0.4) is 0 Å². The van der Waals surface area contributed by atoms with Crippen LogP contribution in [0.2, 0.25) is 0 Å². The first-order valence-corrected chi connectivity index (χ1v) is 10.9. The van der Waals surface area contributed by atoms with Gasteiger partial charge < -0.3 is 24.5 Å². The van der Waals surface area contributed by atoms with Crippen molar-refractivity contribution in [3.8, 4) is 5.88 Å². The maximum absolute atomic E-state index is 13.8. The molecule has 2 aromatic heterocycles. The van der Waals surface area contributed by atoms with Gasteiger partial charge in [-0.15, -0.1) is 0 Å². The summed E-state index contributed by atoms with van der Waals surface area (Å²) in [7, 11) is 0. The van der Waals surface area contributed by atoms with Gasteiger partial charge in [-0.3, -0.25) is 4.79 Å². The molecule has 0 unspecified atom stereocenters. The number of carbonyl (C=O) groups is 2. The predicted molar refractivity (Wildman–Crippen MR) is 122 cm³/mol. The molecule has 9 nitrogen and oxygen atoms in total. The highest BCUT2D eigenvalue weighted by Gasteiger charge is 2.53. The lowest BCUT2D eigenvalue weighted by Crippen LogP contribution is -2.65. The molecule has 1 saturated heterocycles. The van der Waals surface area contributed by atoms with E-state index in [9.17, 15) is 18.4 Å². The van der Waals surface area contributed by atoms with Crippen LogP contribution in [-0.4, -0.2) is 46.7 Å². The highest BCUT2D eigenvalue weighted by Crippen LogP contribution is 2.42. The highest BCUT2D eigenvalue weighted by molar-refractivity contribution is 6.02. The van der Waals surface area contributed by atoms with Crippen LogP contribution < -0.4 is 15.0 Å². The fraction of sp³-hybridized carbons (Fsp3) is 0.333. The Labute approximate surface area is 199 Å². The number of anilines is 2.